The molecular weight excluding hydrogens is 484 g/mol. The molecule has 8 nitrogen and oxygen atoms in total. The van der Waals surface area contributed by atoms with Gasteiger partial charge in [-0.2, -0.15) is 5.10 Å². The molecule has 0 atom stereocenters. The monoisotopic (exact) mass is 495 g/mol. The lowest BCUT2D eigenvalue weighted by Crippen LogP contribution is -2.17. The highest BCUT2D eigenvalue weighted by Crippen LogP contribution is 2.42. The molecule has 4 aromatic rings. The van der Waals surface area contributed by atoms with E-state index in [1.54, 1.807) is 25.4 Å². The molecular formula is C18H12BrF2N5O3S. The molecule has 154 valence electrons. The lowest BCUT2D eigenvalue weighted by Gasteiger charge is -2.09. The van der Waals surface area contributed by atoms with Crippen molar-refractivity contribution in [3.8, 4) is 11.3 Å². The van der Waals surface area contributed by atoms with Crippen molar-refractivity contribution >= 4 is 55.0 Å². The van der Waals surface area contributed by atoms with Gasteiger partial charge in [-0.25, -0.2) is 13.8 Å². The van der Waals surface area contributed by atoms with Crippen LogP contribution in [0.1, 0.15) is 32.3 Å². The third-order valence-electron chi connectivity index (χ3n) is 4.15. The smallest absolute Gasteiger partial charge is 0.280 e. The van der Waals surface area contributed by atoms with Crippen molar-refractivity contribution in [1.82, 2.24) is 14.8 Å². The molecule has 0 aromatic carbocycles. The fourth-order valence-electron chi connectivity index (χ4n) is 2.93. The number of amides is 2. The van der Waals surface area contributed by atoms with Crippen LogP contribution < -0.4 is 11.1 Å². The lowest BCUT2D eigenvalue weighted by atomic mass is 10.1. The molecule has 0 saturated carbocycles. The Bertz CT molecular complexity index is 1280. The average molecular weight is 496 g/mol. The number of primary amides is 1. The lowest BCUT2D eigenvalue weighted by molar-refractivity contribution is 0.100. The maximum atomic E-state index is 13.4. The first-order valence-electron chi connectivity index (χ1n) is 8.36. The van der Waals surface area contributed by atoms with Crippen molar-refractivity contribution in [1.29, 1.82) is 0 Å². The van der Waals surface area contributed by atoms with Crippen LogP contribution in [-0.4, -0.2) is 26.6 Å². The molecule has 0 aliphatic carbocycles. The van der Waals surface area contributed by atoms with Gasteiger partial charge < -0.3 is 15.5 Å². The number of aryl methyl sites for hydroxylation is 1. The van der Waals surface area contributed by atoms with Gasteiger partial charge in [-0.05, 0) is 34.1 Å². The predicted molar refractivity (Wildman–Crippen MR) is 110 cm³/mol. The molecule has 4 aromatic heterocycles. The Morgan fingerprint density at radius 3 is 2.73 bits per heavy atom. The molecule has 4 rings (SSSR count). The molecule has 2 amide bonds. The minimum Gasteiger partial charge on any atom is -0.464 e. The first-order valence-corrected chi connectivity index (χ1v) is 9.97. The van der Waals surface area contributed by atoms with E-state index in [4.69, 9.17) is 10.2 Å². The standard InChI is InChI=1S/C18H12BrF2N5O3S/c1-26-6-8(19)12(25-26)17(28)24-13-11-7(10-3-2-4-29-10)5-9(15(20)21)23-18(11)30-14(13)16(22)27/h2-6,15H,1H3,(H2,22,27)(H,24,28). The number of carbonyl (C=O) groups excluding carboxylic acids is 2. The number of anilines is 1. The number of thiophene rings is 1. The Hall–Kier alpha value is -3.12. The van der Waals surface area contributed by atoms with Crippen molar-refractivity contribution in [2.45, 2.75) is 6.43 Å². The zero-order valence-corrected chi connectivity index (χ0v) is 17.6. The van der Waals surface area contributed by atoms with Gasteiger partial charge in [0.2, 0.25) is 0 Å². The Labute approximate surface area is 179 Å². The van der Waals surface area contributed by atoms with Crippen molar-refractivity contribution in [3.05, 3.63) is 51.4 Å². The first kappa shape index (κ1) is 20.2. The molecule has 30 heavy (non-hydrogen) atoms. The topological polar surface area (TPSA) is 116 Å². The summed E-state index contributed by atoms with van der Waals surface area (Å²) in [6.45, 7) is 0. The van der Waals surface area contributed by atoms with Gasteiger partial charge in [0.1, 0.15) is 21.2 Å². The minimum absolute atomic E-state index is 0.0304. The van der Waals surface area contributed by atoms with Crippen LogP contribution >= 0.6 is 27.3 Å². The Morgan fingerprint density at radius 2 is 2.17 bits per heavy atom. The Balaban J connectivity index is 1.95. The van der Waals surface area contributed by atoms with Crippen molar-refractivity contribution in [2.75, 3.05) is 5.32 Å². The number of furan rings is 1. The second-order valence-electron chi connectivity index (χ2n) is 6.18. The zero-order chi connectivity index (χ0) is 21.6. The number of nitrogens with two attached hydrogens (primary N) is 1. The van der Waals surface area contributed by atoms with Crippen LogP contribution in [0.5, 0.6) is 0 Å². The number of hydrogen-bond acceptors (Lipinski definition) is 6. The van der Waals surface area contributed by atoms with Gasteiger partial charge in [-0.1, -0.05) is 0 Å². The Kier molecular flexibility index (Phi) is 5.12. The number of alkyl halides is 2. The van der Waals surface area contributed by atoms with Gasteiger partial charge in [0.05, 0.1) is 16.4 Å². The first-order chi connectivity index (χ1) is 14.3. The Morgan fingerprint density at radius 1 is 1.40 bits per heavy atom. The molecule has 0 fully saturated rings. The van der Waals surface area contributed by atoms with Gasteiger partial charge in [0, 0.05) is 24.2 Å². The van der Waals surface area contributed by atoms with Crippen LogP contribution in [0.2, 0.25) is 0 Å². The largest absolute Gasteiger partial charge is 0.464 e. The van der Waals surface area contributed by atoms with E-state index in [9.17, 15) is 18.4 Å². The summed E-state index contributed by atoms with van der Waals surface area (Å²) < 4.78 is 34.0. The van der Waals surface area contributed by atoms with Crippen LogP contribution in [0.4, 0.5) is 14.5 Å². The van der Waals surface area contributed by atoms with Gasteiger partial charge in [-0.15, -0.1) is 11.3 Å². The molecule has 0 unspecified atom stereocenters. The fraction of sp³-hybridized carbons (Fsp3) is 0.111. The number of fused-ring (bicyclic) bond motifs is 1. The van der Waals surface area contributed by atoms with Crippen LogP contribution in [0.3, 0.4) is 0 Å². The van der Waals surface area contributed by atoms with E-state index >= 15 is 0 Å². The summed E-state index contributed by atoms with van der Waals surface area (Å²) in [5.41, 5.74) is 5.38. The SMILES string of the molecule is Cn1cc(Br)c(C(=O)Nc2c(C(N)=O)sc3nc(C(F)F)cc(-c4ccco4)c23)n1. The fourth-order valence-corrected chi connectivity index (χ4v) is 4.50. The summed E-state index contributed by atoms with van der Waals surface area (Å²) in [5.74, 6) is -1.18. The molecule has 0 spiro atoms. The number of aromatic nitrogens is 3. The van der Waals surface area contributed by atoms with E-state index in [2.05, 4.69) is 31.3 Å². The molecule has 0 bridgehead atoms. The maximum absolute atomic E-state index is 13.4. The van der Waals surface area contributed by atoms with Crippen molar-refractivity contribution in [2.24, 2.45) is 12.8 Å². The molecule has 0 radical (unpaired) electrons. The molecule has 0 saturated heterocycles. The maximum Gasteiger partial charge on any atom is 0.280 e. The highest BCUT2D eigenvalue weighted by Gasteiger charge is 2.27. The highest BCUT2D eigenvalue weighted by molar-refractivity contribution is 9.10. The van der Waals surface area contributed by atoms with Gasteiger partial charge in [0.25, 0.3) is 18.2 Å². The number of rotatable bonds is 5. The van der Waals surface area contributed by atoms with Crippen LogP contribution in [-0.2, 0) is 7.05 Å². The number of pyridine rings is 1. The van der Waals surface area contributed by atoms with Gasteiger partial charge >= 0.3 is 0 Å². The quantitative estimate of drug-likeness (QED) is 0.427. The summed E-state index contributed by atoms with van der Waals surface area (Å²) in [4.78, 5) is 28.9. The number of hydrogen-bond donors (Lipinski definition) is 2. The second kappa shape index (κ2) is 7.61. The number of nitrogens with zero attached hydrogens (tertiary/aromatic N) is 3. The average Bonchev–Trinajstić information content (AvgIpc) is 3.40. The van der Waals surface area contributed by atoms with Gasteiger partial charge in [0.15, 0.2) is 5.69 Å². The molecule has 3 N–H and O–H groups in total. The number of nitrogens with one attached hydrogen (secondary N) is 1. The van der Waals surface area contributed by atoms with E-state index in [1.165, 1.54) is 10.9 Å². The van der Waals surface area contributed by atoms with Gasteiger partial charge in [-0.3, -0.25) is 14.3 Å². The minimum atomic E-state index is -2.84. The predicted octanol–water partition coefficient (Wildman–Crippen LogP) is 4.34. The summed E-state index contributed by atoms with van der Waals surface area (Å²) in [5, 5.41) is 6.97. The van der Waals surface area contributed by atoms with E-state index in [0.29, 0.717) is 4.47 Å². The summed E-state index contributed by atoms with van der Waals surface area (Å²) in [7, 11) is 1.64. The van der Waals surface area contributed by atoms with Crippen LogP contribution in [0.25, 0.3) is 21.5 Å². The third-order valence-corrected chi connectivity index (χ3v) is 5.83. The summed E-state index contributed by atoms with van der Waals surface area (Å²) in [6.07, 6.45) is 0.124. The number of halogens is 3. The summed E-state index contributed by atoms with van der Waals surface area (Å²) >= 11 is 4.06. The normalized spacial score (nSPS) is 11.4. The van der Waals surface area contributed by atoms with Crippen LogP contribution in [0.15, 0.2) is 39.5 Å². The van der Waals surface area contributed by atoms with E-state index in [-0.39, 0.29) is 37.8 Å². The molecule has 0 aliphatic heterocycles. The third kappa shape index (κ3) is 3.48. The zero-order valence-electron chi connectivity index (χ0n) is 15.1. The van der Waals surface area contributed by atoms with E-state index in [1.807, 2.05) is 0 Å². The second-order valence-corrected chi connectivity index (χ2v) is 8.03. The van der Waals surface area contributed by atoms with E-state index in [0.717, 1.165) is 17.4 Å². The van der Waals surface area contributed by atoms with Crippen molar-refractivity contribution in [3.63, 3.8) is 0 Å². The number of carbonyl (C=O) groups is 2. The van der Waals surface area contributed by atoms with Crippen LogP contribution in [0, 0.1) is 0 Å². The molecule has 0 aliphatic rings. The molecule has 12 heteroatoms. The van der Waals surface area contributed by atoms with E-state index < -0.39 is 23.9 Å². The summed E-state index contributed by atoms with van der Waals surface area (Å²) in [6, 6.07) is 4.33. The molecule has 4 heterocycles. The highest BCUT2D eigenvalue weighted by atomic mass is 79.9. The van der Waals surface area contributed by atoms with Crippen molar-refractivity contribution < 1.29 is 22.8 Å².